The number of hydrogen-bond acceptors (Lipinski definition) is 1. The van der Waals surface area contributed by atoms with Crippen LogP contribution < -0.4 is 5.32 Å². The first-order valence-electron chi connectivity index (χ1n) is 6.69. The summed E-state index contributed by atoms with van der Waals surface area (Å²) >= 11 is 0. The van der Waals surface area contributed by atoms with Crippen molar-refractivity contribution in [1.82, 2.24) is 5.32 Å². The monoisotopic (exact) mass is 289 g/mol. The molecule has 0 bridgehead atoms. The SMILES string of the molecule is CC(C)(CNC(=O)c1ccc(F)c(F)c1)c1ccccc1. The van der Waals surface area contributed by atoms with Crippen LogP contribution in [0.15, 0.2) is 48.5 Å². The normalized spacial score (nSPS) is 11.2. The summed E-state index contributed by atoms with van der Waals surface area (Å²) in [5.74, 6) is -2.40. The maximum atomic E-state index is 13.1. The first kappa shape index (κ1) is 15.2. The van der Waals surface area contributed by atoms with Crippen molar-refractivity contribution < 1.29 is 13.6 Å². The Balaban J connectivity index is 2.05. The molecule has 110 valence electrons. The molecule has 0 aromatic heterocycles. The number of rotatable bonds is 4. The van der Waals surface area contributed by atoms with Crippen molar-refractivity contribution >= 4 is 5.91 Å². The minimum absolute atomic E-state index is 0.109. The van der Waals surface area contributed by atoms with Crippen LogP contribution in [0.25, 0.3) is 0 Å². The van der Waals surface area contributed by atoms with Crippen molar-refractivity contribution in [3.8, 4) is 0 Å². The van der Waals surface area contributed by atoms with Crippen molar-refractivity contribution in [3.63, 3.8) is 0 Å². The first-order valence-corrected chi connectivity index (χ1v) is 6.69. The molecule has 2 rings (SSSR count). The van der Waals surface area contributed by atoms with Crippen molar-refractivity contribution in [2.75, 3.05) is 6.54 Å². The van der Waals surface area contributed by atoms with Gasteiger partial charge in [-0.25, -0.2) is 8.78 Å². The quantitative estimate of drug-likeness (QED) is 0.914. The second-order valence-corrected chi connectivity index (χ2v) is 5.56. The van der Waals surface area contributed by atoms with Crippen LogP contribution in [0.2, 0.25) is 0 Å². The largest absolute Gasteiger partial charge is 0.351 e. The summed E-state index contributed by atoms with van der Waals surface area (Å²) in [6, 6.07) is 12.9. The van der Waals surface area contributed by atoms with Crippen LogP contribution in [0.1, 0.15) is 29.8 Å². The molecule has 0 radical (unpaired) electrons. The van der Waals surface area contributed by atoms with E-state index in [9.17, 15) is 13.6 Å². The molecule has 0 aliphatic carbocycles. The van der Waals surface area contributed by atoms with Crippen molar-refractivity contribution in [1.29, 1.82) is 0 Å². The fourth-order valence-electron chi connectivity index (χ4n) is 2.03. The van der Waals surface area contributed by atoms with Gasteiger partial charge in [0.15, 0.2) is 11.6 Å². The number of carbonyl (C=O) groups excluding carboxylic acids is 1. The molecule has 0 saturated carbocycles. The zero-order valence-corrected chi connectivity index (χ0v) is 12.0. The number of amides is 1. The highest BCUT2D eigenvalue weighted by atomic mass is 19.2. The standard InChI is InChI=1S/C17H17F2NO/c1-17(2,13-6-4-3-5-7-13)11-20-16(21)12-8-9-14(18)15(19)10-12/h3-10H,11H2,1-2H3,(H,20,21). The molecular formula is C17H17F2NO. The summed E-state index contributed by atoms with van der Waals surface area (Å²) in [6.45, 7) is 4.41. The van der Waals surface area contributed by atoms with Gasteiger partial charge in [0.05, 0.1) is 0 Å². The van der Waals surface area contributed by atoms with E-state index in [0.717, 1.165) is 17.7 Å². The van der Waals surface area contributed by atoms with E-state index < -0.39 is 17.5 Å². The van der Waals surface area contributed by atoms with Gasteiger partial charge in [0.25, 0.3) is 5.91 Å². The Hall–Kier alpha value is -2.23. The first-order chi connectivity index (χ1) is 9.90. The average Bonchev–Trinajstić information content (AvgIpc) is 2.48. The summed E-state index contributed by atoms with van der Waals surface area (Å²) in [7, 11) is 0. The predicted molar refractivity (Wildman–Crippen MR) is 78.2 cm³/mol. The number of hydrogen-bond donors (Lipinski definition) is 1. The van der Waals surface area contributed by atoms with Gasteiger partial charge in [0.2, 0.25) is 0 Å². The third-order valence-corrected chi connectivity index (χ3v) is 3.43. The fraction of sp³-hybridized carbons (Fsp3) is 0.235. The molecule has 2 nitrogen and oxygen atoms in total. The minimum Gasteiger partial charge on any atom is -0.351 e. The van der Waals surface area contributed by atoms with Crippen LogP contribution in [0, 0.1) is 11.6 Å². The Labute approximate surface area is 122 Å². The van der Waals surface area contributed by atoms with E-state index >= 15 is 0 Å². The molecule has 1 N–H and O–H groups in total. The van der Waals surface area contributed by atoms with E-state index in [1.54, 1.807) is 0 Å². The molecule has 0 saturated heterocycles. The molecular weight excluding hydrogens is 272 g/mol. The lowest BCUT2D eigenvalue weighted by molar-refractivity contribution is 0.0945. The van der Waals surface area contributed by atoms with Crippen molar-refractivity contribution in [2.45, 2.75) is 19.3 Å². The van der Waals surface area contributed by atoms with E-state index in [-0.39, 0.29) is 11.0 Å². The highest BCUT2D eigenvalue weighted by Crippen LogP contribution is 2.21. The molecule has 0 atom stereocenters. The molecule has 0 unspecified atom stereocenters. The lowest BCUT2D eigenvalue weighted by Crippen LogP contribution is -2.36. The predicted octanol–water partition coefficient (Wildman–Crippen LogP) is 3.67. The summed E-state index contributed by atoms with van der Waals surface area (Å²) in [4.78, 5) is 12.0. The zero-order valence-electron chi connectivity index (χ0n) is 12.0. The van der Waals surface area contributed by atoms with Crippen molar-refractivity contribution in [3.05, 3.63) is 71.3 Å². The molecule has 0 heterocycles. The molecule has 21 heavy (non-hydrogen) atoms. The minimum atomic E-state index is -1.02. The summed E-state index contributed by atoms with van der Waals surface area (Å²) < 4.78 is 26.0. The van der Waals surface area contributed by atoms with Gasteiger partial charge in [-0.2, -0.15) is 0 Å². The van der Waals surface area contributed by atoms with Crippen LogP contribution in [-0.4, -0.2) is 12.5 Å². The lowest BCUT2D eigenvalue weighted by atomic mass is 9.84. The number of benzene rings is 2. The molecule has 4 heteroatoms. The highest BCUT2D eigenvalue weighted by molar-refractivity contribution is 5.94. The van der Waals surface area contributed by atoms with Gasteiger partial charge in [0, 0.05) is 17.5 Å². The molecule has 2 aromatic rings. The van der Waals surface area contributed by atoms with Gasteiger partial charge < -0.3 is 5.32 Å². The fourth-order valence-corrected chi connectivity index (χ4v) is 2.03. The second-order valence-electron chi connectivity index (χ2n) is 5.56. The molecule has 2 aromatic carbocycles. The van der Waals surface area contributed by atoms with Gasteiger partial charge in [-0.15, -0.1) is 0 Å². The lowest BCUT2D eigenvalue weighted by Gasteiger charge is -2.25. The Morgan fingerprint density at radius 3 is 2.33 bits per heavy atom. The van der Waals surface area contributed by atoms with Gasteiger partial charge in [-0.05, 0) is 23.8 Å². The Kier molecular flexibility index (Phi) is 4.36. The highest BCUT2D eigenvalue weighted by Gasteiger charge is 2.21. The average molecular weight is 289 g/mol. The molecule has 0 aliphatic rings. The molecule has 0 aliphatic heterocycles. The van der Waals surface area contributed by atoms with Crippen LogP contribution in [0.4, 0.5) is 8.78 Å². The summed E-state index contributed by atoms with van der Waals surface area (Å²) in [5, 5.41) is 2.76. The topological polar surface area (TPSA) is 29.1 Å². The Morgan fingerprint density at radius 1 is 1.05 bits per heavy atom. The number of halogens is 2. The van der Waals surface area contributed by atoms with E-state index in [2.05, 4.69) is 5.32 Å². The van der Waals surface area contributed by atoms with Gasteiger partial charge in [0.1, 0.15) is 0 Å². The Morgan fingerprint density at radius 2 is 1.71 bits per heavy atom. The second kappa shape index (κ2) is 6.04. The molecule has 0 spiro atoms. The number of nitrogens with one attached hydrogen (secondary N) is 1. The summed E-state index contributed by atoms with van der Waals surface area (Å²) in [6.07, 6.45) is 0. The summed E-state index contributed by atoms with van der Waals surface area (Å²) in [5.41, 5.74) is 0.948. The van der Waals surface area contributed by atoms with Crippen LogP contribution in [0.3, 0.4) is 0 Å². The third-order valence-electron chi connectivity index (χ3n) is 3.43. The van der Waals surface area contributed by atoms with E-state index in [1.165, 1.54) is 6.07 Å². The van der Waals surface area contributed by atoms with Gasteiger partial charge in [-0.1, -0.05) is 44.2 Å². The maximum Gasteiger partial charge on any atom is 0.251 e. The molecule has 0 fully saturated rings. The van der Waals surface area contributed by atoms with Crippen LogP contribution in [-0.2, 0) is 5.41 Å². The van der Waals surface area contributed by atoms with Crippen molar-refractivity contribution in [2.24, 2.45) is 0 Å². The third kappa shape index (κ3) is 3.66. The zero-order chi connectivity index (χ0) is 15.5. The smallest absolute Gasteiger partial charge is 0.251 e. The van der Waals surface area contributed by atoms with E-state index in [1.807, 2.05) is 44.2 Å². The Bertz CT molecular complexity index is 638. The van der Waals surface area contributed by atoms with Crippen LogP contribution >= 0.6 is 0 Å². The molecule has 1 amide bonds. The van der Waals surface area contributed by atoms with Crippen LogP contribution in [0.5, 0.6) is 0 Å². The van der Waals surface area contributed by atoms with Gasteiger partial charge in [-0.3, -0.25) is 4.79 Å². The number of carbonyl (C=O) groups is 1. The maximum absolute atomic E-state index is 13.1. The van der Waals surface area contributed by atoms with E-state index in [4.69, 9.17) is 0 Å². The van der Waals surface area contributed by atoms with Gasteiger partial charge >= 0.3 is 0 Å². The van der Waals surface area contributed by atoms with E-state index in [0.29, 0.717) is 6.54 Å².